The van der Waals surface area contributed by atoms with Crippen molar-refractivity contribution >= 4 is 27.2 Å². The van der Waals surface area contributed by atoms with E-state index in [2.05, 4.69) is 4.98 Å². The van der Waals surface area contributed by atoms with E-state index >= 15 is 0 Å². The Bertz CT molecular complexity index is 490. The van der Waals surface area contributed by atoms with Crippen molar-refractivity contribution in [3.8, 4) is 0 Å². The van der Waals surface area contributed by atoms with Crippen molar-refractivity contribution < 1.29 is 15.7 Å². The van der Waals surface area contributed by atoms with Gasteiger partial charge in [0.2, 0.25) is 5.16 Å². The smallest absolute Gasteiger partial charge is 0.292 e. The van der Waals surface area contributed by atoms with E-state index in [9.17, 15) is 8.42 Å². The molecule has 3 heterocycles. The second-order valence-electron chi connectivity index (χ2n) is 2.49. The molecule has 3 rings (SSSR count). The highest BCUT2D eigenvalue weighted by atomic mass is 32.4. The summed E-state index contributed by atoms with van der Waals surface area (Å²) in [6.07, 6.45) is 4.93. The van der Waals surface area contributed by atoms with Crippen LogP contribution in [-0.2, 0) is 17.7 Å². The zero-order chi connectivity index (χ0) is 9.10. The number of aromatic nitrogens is 2. The third kappa shape index (κ3) is 0.854. The van der Waals surface area contributed by atoms with Gasteiger partial charge in [0.15, 0.2) is 0 Å². The maximum atomic E-state index is 10.7. The fourth-order valence-corrected chi connectivity index (χ4v) is 5.11. The molecule has 1 fully saturated rings. The van der Waals surface area contributed by atoms with Crippen LogP contribution in [0.1, 0.15) is 0 Å². The number of hydrogen-bond acceptors (Lipinski definition) is 5. The van der Waals surface area contributed by atoms with E-state index in [1.807, 2.05) is 0 Å². The van der Waals surface area contributed by atoms with E-state index in [0.717, 1.165) is 0 Å². The van der Waals surface area contributed by atoms with Crippen LogP contribution < -0.4 is 0 Å². The number of rotatable bonds is 0. The fourth-order valence-electron chi connectivity index (χ4n) is 1.20. The minimum atomic E-state index is -3.76. The van der Waals surface area contributed by atoms with Crippen molar-refractivity contribution in [2.75, 3.05) is 0 Å². The molecule has 0 saturated carbocycles. The van der Waals surface area contributed by atoms with Crippen molar-refractivity contribution in [1.82, 2.24) is 9.55 Å². The molecule has 0 bridgehead atoms. The highest BCUT2D eigenvalue weighted by Gasteiger charge is 2.49. The molecule has 0 atom stereocenters. The molecular formula is C5H4N2O4S2. The van der Waals surface area contributed by atoms with E-state index in [-0.39, 0.29) is 0 Å². The Morgan fingerprint density at radius 1 is 1.38 bits per heavy atom. The second-order valence-corrected chi connectivity index (χ2v) is 6.12. The molecule has 0 N–H and O–H groups in total. The van der Waals surface area contributed by atoms with Gasteiger partial charge in [0.05, 0.1) is 5.41 Å². The number of fused-ring (bicyclic) bond motifs is 2. The van der Waals surface area contributed by atoms with Crippen molar-refractivity contribution in [3.05, 3.63) is 17.8 Å². The molecule has 70 valence electrons. The Hall–Kier alpha value is -0.830. The number of hydrogen-bond donors (Lipinski definition) is 0. The summed E-state index contributed by atoms with van der Waals surface area (Å²) in [7, 11) is -5.96. The third-order valence-electron chi connectivity index (χ3n) is 1.66. The van der Waals surface area contributed by atoms with Gasteiger partial charge in [0.25, 0.3) is 0 Å². The first-order valence-electron chi connectivity index (χ1n) is 3.33. The van der Waals surface area contributed by atoms with Crippen LogP contribution in [-0.4, -0.2) is 18.0 Å². The van der Waals surface area contributed by atoms with Crippen LogP contribution in [0.15, 0.2) is 23.0 Å². The molecule has 2 aliphatic rings. The summed E-state index contributed by atoms with van der Waals surface area (Å²) in [6.45, 7) is 0. The van der Waals surface area contributed by atoms with Crippen LogP contribution in [0, 0.1) is 0 Å². The molecule has 1 spiro atoms. The van der Waals surface area contributed by atoms with Crippen LogP contribution in [0.4, 0.5) is 0 Å². The average Bonchev–Trinajstić information content (AvgIpc) is 2.50. The average molecular weight is 220 g/mol. The van der Waals surface area contributed by atoms with Gasteiger partial charge < -0.3 is 0 Å². The minimum Gasteiger partial charge on any atom is -0.292 e. The van der Waals surface area contributed by atoms with E-state index in [0.29, 0.717) is 5.16 Å². The van der Waals surface area contributed by atoms with Gasteiger partial charge >= 0.3 is 10.4 Å². The molecule has 0 amide bonds. The lowest BCUT2D eigenvalue weighted by Crippen LogP contribution is -2.26. The van der Waals surface area contributed by atoms with Gasteiger partial charge in [0.1, 0.15) is 0 Å². The minimum absolute atomic E-state index is 0.502. The normalized spacial score (nSPS) is 28.3. The zero-order valence-corrected chi connectivity index (χ0v) is 7.79. The van der Waals surface area contributed by atoms with Crippen LogP contribution >= 0.6 is 10.6 Å². The highest BCUT2D eigenvalue weighted by Crippen LogP contribution is 2.70. The summed E-state index contributed by atoms with van der Waals surface area (Å²) in [6, 6.07) is 0. The van der Waals surface area contributed by atoms with Gasteiger partial charge in [-0.05, 0) is 0 Å². The van der Waals surface area contributed by atoms with Gasteiger partial charge in [0, 0.05) is 18.6 Å². The Morgan fingerprint density at radius 2 is 2.15 bits per heavy atom. The largest absolute Gasteiger partial charge is 0.438 e. The first-order chi connectivity index (χ1) is 6.11. The molecule has 1 aromatic heterocycles. The first-order valence-corrected chi connectivity index (χ1v) is 6.21. The Kier molecular flexibility index (Phi) is 1.15. The Labute approximate surface area is 75.8 Å². The Morgan fingerprint density at radius 3 is 2.85 bits per heavy atom. The summed E-state index contributed by atoms with van der Waals surface area (Å²) in [5.74, 6) is 0. The molecule has 13 heavy (non-hydrogen) atoms. The van der Waals surface area contributed by atoms with Gasteiger partial charge in [-0.3, -0.25) is 4.57 Å². The van der Waals surface area contributed by atoms with Crippen LogP contribution in [0.2, 0.25) is 0 Å². The van der Waals surface area contributed by atoms with Gasteiger partial charge in [-0.2, -0.15) is 8.42 Å². The summed E-state index contributed by atoms with van der Waals surface area (Å²) in [4.78, 5) is 3.96. The predicted molar refractivity (Wildman–Crippen MR) is 44.5 cm³/mol. The fraction of sp³-hybridized carbons (Fsp3) is 0. The lowest BCUT2D eigenvalue weighted by atomic mass is 10.9. The summed E-state index contributed by atoms with van der Waals surface area (Å²) in [5, 5.41) is 2.08. The van der Waals surface area contributed by atoms with Gasteiger partial charge in [-0.1, -0.05) is 10.6 Å². The quantitative estimate of drug-likeness (QED) is 0.640. The molecule has 2 aliphatic heterocycles. The maximum absolute atomic E-state index is 10.7. The monoisotopic (exact) mass is 220 g/mol. The molecule has 0 radical (unpaired) electrons. The summed E-state index contributed by atoms with van der Waals surface area (Å²) < 4.78 is 32.5. The topological polar surface area (TPSA) is 70.4 Å². The number of nitrogens with zero attached hydrogens (tertiary/aromatic N) is 2. The molecule has 0 aromatic carbocycles. The van der Waals surface area contributed by atoms with Crippen molar-refractivity contribution in [3.63, 3.8) is 0 Å². The SMILES string of the molecule is O=S1(=O)OS2(C=Cn3ccnc32)O1. The van der Waals surface area contributed by atoms with Crippen LogP contribution in [0.3, 0.4) is 0 Å². The maximum Gasteiger partial charge on any atom is 0.438 e. The lowest BCUT2D eigenvalue weighted by Gasteiger charge is -2.39. The van der Waals surface area contributed by atoms with Crippen molar-refractivity contribution in [2.45, 2.75) is 5.16 Å². The molecule has 1 saturated heterocycles. The van der Waals surface area contributed by atoms with E-state index < -0.39 is 21.0 Å². The van der Waals surface area contributed by atoms with E-state index in [1.54, 1.807) is 28.6 Å². The third-order valence-corrected chi connectivity index (χ3v) is 5.91. The molecule has 1 aromatic rings. The standard InChI is InChI=1S/C5H4N2O4S2/c8-13(9)10-12(11-13)4-3-7-2-1-6-5(7)12/h1-4H. The van der Waals surface area contributed by atoms with E-state index in [1.165, 1.54) is 0 Å². The van der Waals surface area contributed by atoms with E-state index in [4.69, 9.17) is 7.26 Å². The molecule has 6 nitrogen and oxygen atoms in total. The van der Waals surface area contributed by atoms with Crippen molar-refractivity contribution in [2.24, 2.45) is 0 Å². The van der Waals surface area contributed by atoms with Gasteiger partial charge in [-0.15, -0.1) is 7.26 Å². The van der Waals surface area contributed by atoms with Crippen LogP contribution in [0.25, 0.3) is 6.20 Å². The lowest BCUT2D eigenvalue weighted by molar-refractivity contribution is 0.346. The predicted octanol–water partition coefficient (Wildman–Crippen LogP) is 0.610. The first kappa shape index (κ1) is 7.56. The molecular weight excluding hydrogens is 216 g/mol. The zero-order valence-electron chi connectivity index (χ0n) is 6.15. The molecule has 8 heteroatoms. The summed E-state index contributed by atoms with van der Waals surface area (Å²) >= 11 is 0. The molecule has 0 aliphatic carbocycles. The second kappa shape index (κ2) is 1.98. The molecule has 0 unspecified atom stereocenters. The van der Waals surface area contributed by atoms with Gasteiger partial charge in [-0.25, -0.2) is 4.98 Å². The Balaban J connectivity index is 2.12. The van der Waals surface area contributed by atoms with Crippen molar-refractivity contribution in [1.29, 1.82) is 0 Å². The summed E-state index contributed by atoms with van der Waals surface area (Å²) in [5.41, 5.74) is 0. The number of imidazole rings is 1. The highest BCUT2D eigenvalue weighted by molar-refractivity contribution is 8.38. The van der Waals surface area contributed by atoms with Crippen LogP contribution in [0.5, 0.6) is 0 Å².